The Morgan fingerprint density at radius 2 is 1.81 bits per heavy atom. The van der Waals surface area contributed by atoms with Crippen LogP contribution >= 0.6 is 11.3 Å². The average Bonchev–Trinajstić information content (AvgIpc) is 3.04. The lowest BCUT2D eigenvalue weighted by molar-refractivity contribution is 0.0962. The minimum absolute atomic E-state index is 0.0793. The van der Waals surface area contributed by atoms with Gasteiger partial charge in [0, 0.05) is 23.2 Å². The van der Waals surface area contributed by atoms with Gasteiger partial charge in [-0.3, -0.25) is 9.59 Å². The third-order valence-electron chi connectivity index (χ3n) is 5.16. The number of fused-ring (bicyclic) bond motifs is 1. The normalized spacial score (nSPS) is 16.7. The monoisotopic (exact) mass is 370 g/mol. The molecule has 0 fully saturated rings. The molecule has 0 bridgehead atoms. The van der Waals surface area contributed by atoms with Gasteiger partial charge in [-0.05, 0) is 66.5 Å². The van der Waals surface area contributed by atoms with E-state index in [-0.39, 0.29) is 11.8 Å². The summed E-state index contributed by atoms with van der Waals surface area (Å²) in [6.45, 7) is 6.89. The van der Waals surface area contributed by atoms with Crippen LogP contribution in [0.1, 0.15) is 57.7 Å². The second-order valence-electron chi connectivity index (χ2n) is 7.98. The highest BCUT2D eigenvalue weighted by Crippen LogP contribution is 2.40. The predicted molar refractivity (Wildman–Crippen MR) is 107 cm³/mol. The Labute approximate surface area is 159 Å². The quantitative estimate of drug-likeness (QED) is 0.835. The Morgan fingerprint density at radius 1 is 1.12 bits per heavy atom. The zero-order valence-electron chi connectivity index (χ0n) is 15.8. The second kappa shape index (κ2) is 7.23. The van der Waals surface area contributed by atoms with Gasteiger partial charge in [-0.1, -0.05) is 20.8 Å². The number of hydrogen-bond acceptors (Lipinski definition) is 3. The Bertz CT molecular complexity index is 816. The minimum Gasteiger partial charge on any atom is -0.355 e. The summed E-state index contributed by atoms with van der Waals surface area (Å²) in [7, 11) is 1.60. The van der Waals surface area contributed by atoms with Crippen LogP contribution in [0.25, 0.3) is 0 Å². The maximum Gasteiger partial charge on any atom is 0.265 e. The van der Waals surface area contributed by atoms with Crippen molar-refractivity contribution < 1.29 is 9.59 Å². The second-order valence-corrected chi connectivity index (χ2v) is 9.11. The summed E-state index contributed by atoms with van der Waals surface area (Å²) < 4.78 is 0. The van der Waals surface area contributed by atoms with E-state index in [1.807, 2.05) is 0 Å². The molecule has 2 aromatic rings. The van der Waals surface area contributed by atoms with Gasteiger partial charge in [0.05, 0.1) is 4.88 Å². The highest BCUT2D eigenvalue weighted by atomic mass is 32.1. The molecule has 1 aliphatic rings. The first kappa shape index (κ1) is 18.6. The third-order valence-corrected chi connectivity index (χ3v) is 6.40. The van der Waals surface area contributed by atoms with E-state index in [9.17, 15) is 9.59 Å². The van der Waals surface area contributed by atoms with E-state index in [0.717, 1.165) is 17.7 Å². The number of carbonyl (C=O) groups is 2. The summed E-state index contributed by atoms with van der Waals surface area (Å²) >= 11 is 1.61. The highest BCUT2D eigenvalue weighted by molar-refractivity contribution is 7.14. The van der Waals surface area contributed by atoms with Crippen molar-refractivity contribution in [3.05, 3.63) is 51.2 Å². The molecule has 2 amide bonds. The van der Waals surface area contributed by atoms with Crippen LogP contribution in [0.3, 0.4) is 0 Å². The molecule has 5 heteroatoms. The smallest absolute Gasteiger partial charge is 0.265 e. The first-order chi connectivity index (χ1) is 12.3. The van der Waals surface area contributed by atoms with Crippen LogP contribution < -0.4 is 10.6 Å². The van der Waals surface area contributed by atoms with E-state index in [4.69, 9.17) is 0 Å². The molecule has 0 aliphatic heterocycles. The summed E-state index contributed by atoms with van der Waals surface area (Å²) in [5.74, 6) is 0.449. The van der Waals surface area contributed by atoms with Crippen molar-refractivity contribution in [1.82, 2.24) is 5.32 Å². The molecule has 2 N–H and O–H groups in total. The van der Waals surface area contributed by atoms with Crippen molar-refractivity contribution in [2.24, 2.45) is 11.3 Å². The summed E-state index contributed by atoms with van der Waals surface area (Å²) in [5.41, 5.74) is 2.90. The van der Waals surface area contributed by atoms with Crippen LogP contribution in [-0.2, 0) is 12.8 Å². The van der Waals surface area contributed by atoms with Gasteiger partial charge >= 0.3 is 0 Å². The zero-order valence-corrected chi connectivity index (χ0v) is 16.6. The lowest BCUT2D eigenvalue weighted by atomic mass is 9.72. The predicted octanol–water partition coefficient (Wildman–Crippen LogP) is 4.51. The van der Waals surface area contributed by atoms with E-state index in [1.54, 1.807) is 42.6 Å². The molecular formula is C21H26N2O2S. The molecule has 138 valence electrons. The maximum absolute atomic E-state index is 12.6. The number of anilines is 1. The SMILES string of the molecule is CNC(=O)c1ccc(NC(=O)c2cc3c(s2)CC[C@@H](C(C)(C)C)C3)cc1. The van der Waals surface area contributed by atoms with Crippen LogP contribution in [0.15, 0.2) is 30.3 Å². The van der Waals surface area contributed by atoms with Crippen molar-refractivity contribution in [3.63, 3.8) is 0 Å². The number of amides is 2. The fourth-order valence-electron chi connectivity index (χ4n) is 3.42. The zero-order chi connectivity index (χ0) is 18.9. The lowest BCUT2D eigenvalue weighted by Gasteiger charge is -2.33. The van der Waals surface area contributed by atoms with Crippen LogP contribution in [0.5, 0.6) is 0 Å². The van der Waals surface area contributed by atoms with Crippen molar-refractivity contribution >= 4 is 28.8 Å². The first-order valence-electron chi connectivity index (χ1n) is 9.03. The van der Waals surface area contributed by atoms with Gasteiger partial charge in [0.1, 0.15) is 0 Å². The number of aryl methyl sites for hydroxylation is 1. The molecule has 0 spiro atoms. The number of rotatable bonds is 3. The summed E-state index contributed by atoms with van der Waals surface area (Å²) in [6.07, 6.45) is 3.32. The Balaban J connectivity index is 1.70. The van der Waals surface area contributed by atoms with Crippen LogP contribution in [0.2, 0.25) is 0 Å². The minimum atomic E-state index is -0.137. The molecule has 3 rings (SSSR count). The fraction of sp³-hybridized carbons (Fsp3) is 0.429. The molecule has 1 aromatic carbocycles. The van der Waals surface area contributed by atoms with Crippen molar-refractivity contribution in [2.75, 3.05) is 12.4 Å². The average molecular weight is 371 g/mol. The van der Waals surface area contributed by atoms with E-state index >= 15 is 0 Å². The molecule has 1 aromatic heterocycles. The van der Waals surface area contributed by atoms with Crippen molar-refractivity contribution in [3.8, 4) is 0 Å². The molecule has 1 aliphatic carbocycles. The van der Waals surface area contributed by atoms with E-state index in [2.05, 4.69) is 37.5 Å². The van der Waals surface area contributed by atoms with Gasteiger partial charge in [-0.2, -0.15) is 0 Å². The van der Waals surface area contributed by atoms with Gasteiger partial charge in [0.15, 0.2) is 0 Å². The number of carbonyl (C=O) groups excluding carboxylic acids is 2. The van der Waals surface area contributed by atoms with E-state index in [1.165, 1.54) is 16.9 Å². The number of nitrogens with one attached hydrogen (secondary N) is 2. The van der Waals surface area contributed by atoms with Crippen LogP contribution in [0.4, 0.5) is 5.69 Å². The van der Waals surface area contributed by atoms with Gasteiger partial charge in [-0.25, -0.2) is 0 Å². The topological polar surface area (TPSA) is 58.2 Å². The van der Waals surface area contributed by atoms with Crippen LogP contribution in [-0.4, -0.2) is 18.9 Å². The molecule has 1 atom stereocenters. The molecule has 0 radical (unpaired) electrons. The van der Waals surface area contributed by atoms with Gasteiger partial charge < -0.3 is 10.6 Å². The standard InChI is InChI=1S/C21H26N2O2S/c1-21(2,3)15-7-10-17-14(11-15)12-18(26-17)20(25)23-16-8-5-13(6-9-16)19(24)22-4/h5-6,8-9,12,15H,7,10-11H2,1-4H3,(H,22,24)(H,23,25)/t15-/m1/s1. The number of thiophene rings is 1. The maximum atomic E-state index is 12.6. The molecule has 0 saturated heterocycles. The number of benzene rings is 1. The largest absolute Gasteiger partial charge is 0.355 e. The summed E-state index contributed by atoms with van der Waals surface area (Å²) in [5, 5.41) is 5.52. The van der Waals surface area contributed by atoms with Crippen LogP contribution in [0, 0.1) is 11.3 Å². The molecule has 0 unspecified atom stereocenters. The highest BCUT2D eigenvalue weighted by Gasteiger charge is 2.30. The molecule has 4 nitrogen and oxygen atoms in total. The fourth-order valence-corrected chi connectivity index (χ4v) is 4.52. The molecule has 26 heavy (non-hydrogen) atoms. The summed E-state index contributed by atoms with van der Waals surface area (Å²) in [6, 6.07) is 8.99. The molecule has 1 heterocycles. The van der Waals surface area contributed by atoms with E-state index in [0.29, 0.717) is 22.6 Å². The molecule has 0 saturated carbocycles. The first-order valence-corrected chi connectivity index (χ1v) is 9.84. The molecular weight excluding hydrogens is 344 g/mol. The Morgan fingerprint density at radius 3 is 2.42 bits per heavy atom. The van der Waals surface area contributed by atoms with E-state index < -0.39 is 0 Å². The third kappa shape index (κ3) is 3.98. The van der Waals surface area contributed by atoms with Gasteiger partial charge in [-0.15, -0.1) is 11.3 Å². The lowest BCUT2D eigenvalue weighted by Crippen LogP contribution is -2.26. The summed E-state index contributed by atoms with van der Waals surface area (Å²) in [4.78, 5) is 26.3. The van der Waals surface area contributed by atoms with Crippen molar-refractivity contribution in [1.29, 1.82) is 0 Å². The van der Waals surface area contributed by atoms with Crippen molar-refractivity contribution in [2.45, 2.75) is 40.0 Å². The Hall–Kier alpha value is -2.14. The van der Waals surface area contributed by atoms with Gasteiger partial charge in [0.25, 0.3) is 11.8 Å². The van der Waals surface area contributed by atoms with Gasteiger partial charge in [0.2, 0.25) is 0 Å². The number of hydrogen-bond donors (Lipinski definition) is 2. The Kier molecular flexibility index (Phi) is 5.19.